The number of rotatable bonds is 6. The minimum absolute atomic E-state index is 0.0835. The van der Waals surface area contributed by atoms with Crippen molar-refractivity contribution in [1.29, 1.82) is 0 Å². The highest BCUT2D eigenvalue weighted by atomic mass is 32.2. The molecule has 17 heavy (non-hydrogen) atoms. The van der Waals surface area contributed by atoms with Gasteiger partial charge in [0.15, 0.2) is 0 Å². The van der Waals surface area contributed by atoms with Crippen molar-refractivity contribution in [3.8, 4) is 0 Å². The van der Waals surface area contributed by atoms with Crippen LogP contribution in [0.2, 0.25) is 0 Å². The lowest BCUT2D eigenvalue weighted by Crippen LogP contribution is -2.39. The number of nitrogens with zero attached hydrogens (tertiary/aromatic N) is 3. The van der Waals surface area contributed by atoms with E-state index in [1.54, 1.807) is 13.8 Å². The fraction of sp³-hybridized carbons (Fsp3) is 0.750. The van der Waals surface area contributed by atoms with Crippen molar-refractivity contribution >= 4 is 26.5 Å². The first-order chi connectivity index (χ1) is 7.89. The van der Waals surface area contributed by atoms with Gasteiger partial charge >= 0.3 is 0 Å². The molecule has 0 aliphatic heterocycles. The zero-order valence-electron chi connectivity index (χ0n) is 9.95. The lowest BCUT2D eigenvalue weighted by atomic mass is 10.4. The van der Waals surface area contributed by atoms with Crippen LogP contribution >= 0.6 is 11.3 Å². The summed E-state index contributed by atoms with van der Waals surface area (Å²) in [6.45, 7) is 4.18. The Morgan fingerprint density at radius 1 is 1.47 bits per heavy atom. The molecule has 0 aromatic carbocycles. The second-order valence-corrected chi connectivity index (χ2v) is 6.68. The van der Waals surface area contributed by atoms with E-state index in [-0.39, 0.29) is 22.1 Å². The lowest BCUT2D eigenvalue weighted by molar-refractivity contribution is 0.171. The first kappa shape index (κ1) is 14.3. The Morgan fingerprint density at radius 2 is 2.12 bits per heavy atom. The van der Waals surface area contributed by atoms with E-state index in [2.05, 4.69) is 10.2 Å². The third-order valence-electron chi connectivity index (χ3n) is 2.04. The molecule has 98 valence electrons. The fourth-order valence-corrected chi connectivity index (χ4v) is 3.78. The SMILES string of the molecule is COCCN(C(C)C)S(=O)(=O)c1nnc(N)s1. The van der Waals surface area contributed by atoms with E-state index in [4.69, 9.17) is 10.5 Å². The lowest BCUT2D eigenvalue weighted by Gasteiger charge is -2.23. The van der Waals surface area contributed by atoms with Crippen LogP contribution in [0, 0.1) is 0 Å². The van der Waals surface area contributed by atoms with Gasteiger partial charge in [-0.2, -0.15) is 4.31 Å². The summed E-state index contributed by atoms with van der Waals surface area (Å²) in [5, 5.41) is 7.22. The smallest absolute Gasteiger partial charge is 0.272 e. The molecule has 1 aromatic rings. The van der Waals surface area contributed by atoms with Gasteiger partial charge in [-0.25, -0.2) is 8.42 Å². The summed E-state index contributed by atoms with van der Waals surface area (Å²) >= 11 is 0.859. The third kappa shape index (κ3) is 3.35. The second kappa shape index (κ2) is 5.71. The van der Waals surface area contributed by atoms with Gasteiger partial charge in [0.1, 0.15) is 0 Å². The van der Waals surface area contributed by atoms with Crippen molar-refractivity contribution in [2.75, 3.05) is 26.0 Å². The van der Waals surface area contributed by atoms with E-state index in [0.29, 0.717) is 6.61 Å². The van der Waals surface area contributed by atoms with Gasteiger partial charge in [0, 0.05) is 19.7 Å². The highest BCUT2D eigenvalue weighted by Gasteiger charge is 2.30. The molecule has 2 N–H and O–H groups in total. The summed E-state index contributed by atoms with van der Waals surface area (Å²) < 4.78 is 30.6. The maximum absolute atomic E-state index is 12.2. The molecular weight excluding hydrogens is 264 g/mol. The first-order valence-corrected chi connectivity index (χ1v) is 7.25. The Hall–Kier alpha value is -0.770. The predicted octanol–water partition coefficient (Wildman–Crippen LogP) is 0.166. The molecule has 0 spiro atoms. The van der Waals surface area contributed by atoms with Crippen LogP contribution in [0.5, 0.6) is 0 Å². The number of ether oxygens (including phenoxy) is 1. The normalized spacial score (nSPS) is 12.5. The quantitative estimate of drug-likeness (QED) is 0.797. The molecule has 0 radical (unpaired) electrons. The van der Waals surface area contributed by atoms with Crippen LogP contribution in [0.25, 0.3) is 0 Å². The minimum Gasteiger partial charge on any atom is -0.383 e. The first-order valence-electron chi connectivity index (χ1n) is 4.99. The Balaban J connectivity index is 3.00. The Labute approximate surface area is 105 Å². The molecule has 0 saturated carbocycles. The van der Waals surface area contributed by atoms with Crippen molar-refractivity contribution in [2.24, 2.45) is 0 Å². The van der Waals surface area contributed by atoms with E-state index < -0.39 is 10.0 Å². The largest absolute Gasteiger partial charge is 0.383 e. The summed E-state index contributed by atoms with van der Waals surface area (Å²) in [5.74, 6) is 0. The molecule has 9 heteroatoms. The zero-order chi connectivity index (χ0) is 13.1. The van der Waals surface area contributed by atoms with Gasteiger partial charge in [-0.15, -0.1) is 10.2 Å². The molecule has 0 aliphatic carbocycles. The number of nitrogens with two attached hydrogens (primary N) is 1. The van der Waals surface area contributed by atoms with Crippen LogP contribution in [-0.4, -0.2) is 49.2 Å². The van der Waals surface area contributed by atoms with E-state index in [1.807, 2.05) is 0 Å². The molecule has 7 nitrogen and oxygen atoms in total. The molecule has 0 bridgehead atoms. The van der Waals surface area contributed by atoms with Crippen LogP contribution in [0.4, 0.5) is 5.13 Å². The van der Waals surface area contributed by atoms with Crippen LogP contribution in [0.3, 0.4) is 0 Å². The number of aromatic nitrogens is 2. The number of hydrogen-bond donors (Lipinski definition) is 1. The molecule has 1 rings (SSSR count). The number of anilines is 1. The monoisotopic (exact) mass is 280 g/mol. The Kier molecular flexibility index (Phi) is 4.80. The highest BCUT2D eigenvalue weighted by molar-refractivity contribution is 7.91. The van der Waals surface area contributed by atoms with Crippen molar-refractivity contribution in [1.82, 2.24) is 14.5 Å². The Bertz CT molecular complexity index is 457. The van der Waals surface area contributed by atoms with Gasteiger partial charge < -0.3 is 10.5 Å². The van der Waals surface area contributed by atoms with E-state index >= 15 is 0 Å². The molecule has 0 atom stereocenters. The van der Waals surface area contributed by atoms with Crippen molar-refractivity contribution in [3.63, 3.8) is 0 Å². The standard InChI is InChI=1S/C8H16N4O3S2/c1-6(2)12(4-5-15-3)17(13,14)8-11-10-7(9)16-8/h6H,4-5H2,1-3H3,(H2,9,10). The molecular formula is C8H16N4O3S2. The Morgan fingerprint density at radius 3 is 2.53 bits per heavy atom. The van der Waals surface area contributed by atoms with Crippen LogP contribution < -0.4 is 5.73 Å². The summed E-state index contributed by atoms with van der Waals surface area (Å²) in [7, 11) is -2.11. The second-order valence-electron chi connectivity index (χ2n) is 3.61. The van der Waals surface area contributed by atoms with Gasteiger partial charge in [0.05, 0.1) is 6.61 Å². The molecule has 0 unspecified atom stereocenters. The van der Waals surface area contributed by atoms with Gasteiger partial charge in [-0.3, -0.25) is 0 Å². The van der Waals surface area contributed by atoms with Crippen molar-refractivity contribution in [2.45, 2.75) is 24.2 Å². The number of methoxy groups -OCH3 is 1. The van der Waals surface area contributed by atoms with Crippen molar-refractivity contribution in [3.05, 3.63) is 0 Å². The van der Waals surface area contributed by atoms with Crippen LogP contribution in [-0.2, 0) is 14.8 Å². The summed E-state index contributed by atoms with van der Waals surface area (Å²) in [6.07, 6.45) is 0. The van der Waals surface area contributed by atoms with E-state index in [9.17, 15) is 8.42 Å². The average Bonchev–Trinajstić information content (AvgIpc) is 2.65. The topological polar surface area (TPSA) is 98.4 Å². The molecule has 1 heterocycles. The summed E-state index contributed by atoms with van der Waals surface area (Å²) in [5.41, 5.74) is 5.39. The van der Waals surface area contributed by atoms with Gasteiger partial charge in [0.25, 0.3) is 10.0 Å². The molecule has 1 aromatic heterocycles. The summed E-state index contributed by atoms with van der Waals surface area (Å²) in [4.78, 5) is 0. The third-order valence-corrected chi connectivity index (χ3v) is 5.22. The van der Waals surface area contributed by atoms with Gasteiger partial charge in [0.2, 0.25) is 9.47 Å². The van der Waals surface area contributed by atoms with Gasteiger partial charge in [-0.1, -0.05) is 11.3 Å². The number of hydrogen-bond acceptors (Lipinski definition) is 7. The van der Waals surface area contributed by atoms with Crippen LogP contribution in [0.15, 0.2) is 4.34 Å². The molecule has 0 saturated heterocycles. The highest BCUT2D eigenvalue weighted by Crippen LogP contribution is 2.22. The maximum atomic E-state index is 12.2. The van der Waals surface area contributed by atoms with E-state index in [1.165, 1.54) is 11.4 Å². The summed E-state index contributed by atoms with van der Waals surface area (Å²) in [6, 6.07) is -0.180. The minimum atomic E-state index is -3.63. The average molecular weight is 280 g/mol. The van der Waals surface area contributed by atoms with E-state index in [0.717, 1.165) is 11.3 Å². The number of nitrogen functional groups attached to an aromatic ring is 1. The molecule has 0 fully saturated rings. The molecule has 0 amide bonds. The predicted molar refractivity (Wildman–Crippen MR) is 65.2 cm³/mol. The maximum Gasteiger partial charge on any atom is 0.272 e. The van der Waals surface area contributed by atoms with Crippen LogP contribution in [0.1, 0.15) is 13.8 Å². The number of sulfonamides is 1. The van der Waals surface area contributed by atoms with Gasteiger partial charge in [-0.05, 0) is 13.8 Å². The van der Waals surface area contributed by atoms with Crippen molar-refractivity contribution < 1.29 is 13.2 Å². The zero-order valence-corrected chi connectivity index (χ0v) is 11.6. The fourth-order valence-electron chi connectivity index (χ4n) is 1.26. The molecule has 0 aliphatic rings.